The Morgan fingerprint density at radius 1 is 1.21 bits per heavy atom. The molecule has 2 aromatic heterocycles. The number of thiophene rings is 1. The summed E-state index contributed by atoms with van der Waals surface area (Å²) in [4.78, 5) is 24.9. The number of aryl methyl sites for hydroxylation is 1. The highest BCUT2D eigenvalue weighted by Crippen LogP contribution is 2.32. The number of nitrogens with zero attached hydrogens (tertiary/aromatic N) is 3. The number of hydrogen-bond acceptors (Lipinski definition) is 7. The third-order valence-electron chi connectivity index (χ3n) is 4.85. The summed E-state index contributed by atoms with van der Waals surface area (Å²) in [5.74, 6) is 2.82. The SMILES string of the molecule is CCc1nc(NC2CCN(c3cc(OC)cc(OC)c3)C2=O)c2ccsc2n1. The molecule has 1 fully saturated rings. The number of amides is 1. The molecule has 0 saturated carbocycles. The van der Waals surface area contributed by atoms with Crippen molar-refractivity contribution in [2.75, 3.05) is 31.0 Å². The van der Waals surface area contributed by atoms with E-state index in [1.165, 1.54) is 0 Å². The second kappa shape index (κ2) is 7.63. The van der Waals surface area contributed by atoms with Crippen molar-refractivity contribution in [3.63, 3.8) is 0 Å². The van der Waals surface area contributed by atoms with Gasteiger partial charge in [-0.25, -0.2) is 9.97 Å². The molecule has 1 saturated heterocycles. The molecule has 0 radical (unpaired) electrons. The van der Waals surface area contributed by atoms with Gasteiger partial charge in [0.15, 0.2) is 0 Å². The Morgan fingerprint density at radius 2 is 1.96 bits per heavy atom. The van der Waals surface area contributed by atoms with Gasteiger partial charge in [0.05, 0.1) is 25.3 Å². The van der Waals surface area contributed by atoms with Gasteiger partial charge in [-0.15, -0.1) is 11.3 Å². The highest BCUT2D eigenvalue weighted by Gasteiger charge is 2.33. The van der Waals surface area contributed by atoms with Gasteiger partial charge in [-0.3, -0.25) is 4.79 Å². The summed E-state index contributed by atoms with van der Waals surface area (Å²) in [6, 6.07) is 7.14. The Morgan fingerprint density at radius 3 is 2.64 bits per heavy atom. The van der Waals surface area contributed by atoms with E-state index in [0.717, 1.165) is 34.0 Å². The first-order valence-corrected chi connectivity index (χ1v) is 10.1. The quantitative estimate of drug-likeness (QED) is 0.685. The zero-order valence-corrected chi connectivity index (χ0v) is 16.9. The number of ether oxygens (including phenoxy) is 2. The number of nitrogens with one attached hydrogen (secondary N) is 1. The van der Waals surface area contributed by atoms with E-state index in [1.807, 2.05) is 30.5 Å². The molecule has 0 spiro atoms. The fourth-order valence-corrected chi connectivity index (χ4v) is 4.13. The fraction of sp³-hybridized carbons (Fsp3) is 0.350. The Balaban J connectivity index is 1.60. The monoisotopic (exact) mass is 398 g/mol. The highest BCUT2D eigenvalue weighted by atomic mass is 32.1. The first-order chi connectivity index (χ1) is 13.6. The minimum absolute atomic E-state index is 0.00958. The molecule has 1 atom stereocenters. The molecule has 1 N–H and O–H groups in total. The summed E-state index contributed by atoms with van der Waals surface area (Å²) in [5.41, 5.74) is 0.767. The van der Waals surface area contributed by atoms with Crippen LogP contribution in [0, 0.1) is 0 Å². The average molecular weight is 398 g/mol. The van der Waals surface area contributed by atoms with Gasteiger partial charge >= 0.3 is 0 Å². The smallest absolute Gasteiger partial charge is 0.249 e. The average Bonchev–Trinajstić information content (AvgIpc) is 3.34. The number of benzene rings is 1. The zero-order chi connectivity index (χ0) is 19.7. The van der Waals surface area contributed by atoms with E-state index in [0.29, 0.717) is 24.5 Å². The van der Waals surface area contributed by atoms with Crippen molar-refractivity contribution >= 4 is 39.0 Å². The molecule has 0 bridgehead atoms. The molecule has 1 unspecified atom stereocenters. The van der Waals surface area contributed by atoms with Crippen LogP contribution in [0.25, 0.3) is 10.2 Å². The summed E-state index contributed by atoms with van der Waals surface area (Å²) in [6.45, 7) is 2.64. The first kappa shape index (κ1) is 18.5. The number of rotatable bonds is 6. The number of carbonyl (C=O) groups excluding carboxylic acids is 1. The van der Waals surface area contributed by atoms with E-state index in [9.17, 15) is 4.79 Å². The normalized spacial score (nSPS) is 16.6. The lowest BCUT2D eigenvalue weighted by Gasteiger charge is -2.19. The van der Waals surface area contributed by atoms with Crippen LogP contribution in [-0.2, 0) is 11.2 Å². The molecule has 4 rings (SSSR count). The summed E-state index contributed by atoms with van der Waals surface area (Å²) in [6.07, 6.45) is 1.44. The molecule has 7 nitrogen and oxygen atoms in total. The maximum absolute atomic E-state index is 13.1. The lowest BCUT2D eigenvalue weighted by molar-refractivity contribution is -0.117. The van der Waals surface area contributed by atoms with E-state index in [2.05, 4.69) is 15.3 Å². The fourth-order valence-electron chi connectivity index (χ4n) is 3.35. The number of hydrogen-bond donors (Lipinski definition) is 1. The molecular weight excluding hydrogens is 376 g/mol. The molecule has 28 heavy (non-hydrogen) atoms. The van der Waals surface area contributed by atoms with Crippen LogP contribution in [0.15, 0.2) is 29.6 Å². The van der Waals surface area contributed by atoms with Gasteiger partial charge in [0.2, 0.25) is 5.91 Å². The van der Waals surface area contributed by atoms with Gasteiger partial charge < -0.3 is 19.7 Å². The third-order valence-corrected chi connectivity index (χ3v) is 5.66. The lowest BCUT2D eigenvalue weighted by Crippen LogP contribution is -2.33. The molecule has 3 heterocycles. The molecule has 3 aromatic rings. The van der Waals surface area contributed by atoms with Gasteiger partial charge in [0.25, 0.3) is 0 Å². The maximum atomic E-state index is 13.1. The predicted octanol–water partition coefficient (Wildman–Crippen LogP) is 3.49. The van der Waals surface area contributed by atoms with E-state index in [1.54, 1.807) is 36.5 Å². The van der Waals surface area contributed by atoms with Crippen molar-refractivity contribution in [1.29, 1.82) is 0 Å². The maximum Gasteiger partial charge on any atom is 0.249 e. The Hall–Kier alpha value is -2.87. The van der Waals surface area contributed by atoms with Crippen molar-refractivity contribution in [3.8, 4) is 11.5 Å². The van der Waals surface area contributed by atoms with E-state index in [4.69, 9.17) is 9.47 Å². The molecule has 146 valence electrons. The van der Waals surface area contributed by atoms with Gasteiger partial charge in [-0.05, 0) is 17.9 Å². The number of methoxy groups -OCH3 is 2. The number of anilines is 2. The van der Waals surface area contributed by atoms with Crippen molar-refractivity contribution in [3.05, 3.63) is 35.5 Å². The largest absolute Gasteiger partial charge is 0.497 e. The van der Waals surface area contributed by atoms with Crippen LogP contribution in [-0.4, -0.2) is 42.7 Å². The lowest BCUT2D eigenvalue weighted by atomic mass is 10.2. The molecular formula is C20H22N4O3S. The van der Waals surface area contributed by atoms with Gasteiger partial charge in [0, 0.05) is 31.2 Å². The number of carbonyl (C=O) groups is 1. The predicted molar refractivity (Wildman–Crippen MR) is 111 cm³/mol. The molecule has 1 amide bonds. The van der Waals surface area contributed by atoms with Crippen molar-refractivity contribution in [2.24, 2.45) is 0 Å². The molecule has 1 aliphatic heterocycles. The Kier molecular flexibility index (Phi) is 5.04. The van der Waals surface area contributed by atoms with Crippen LogP contribution in [0.4, 0.5) is 11.5 Å². The summed E-state index contributed by atoms with van der Waals surface area (Å²) < 4.78 is 10.7. The second-order valence-electron chi connectivity index (χ2n) is 6.53. The van der Waals surface area contributed by atoms with Gasteiger partial charge in [-0.2, -0.15) is 0 Å². The van der Waals surface area contributed by atoms with E-state index >= 15 is 0 Å². The van der Waals surface area contributed by atoms with Gasteiger partial charge in [-0.1, -0.05) is 6.92 Å². The first-order valence-electron chi connectivity index (χ1n) is 9.18. The summed E-state index contributed by atoms with van der Waals surface area (Å²) in [5, 5.41) is 6.30. The van der Waals surface area contributed by atoms with Crippen LogP contribution in [0.2, 0.25) is 0 Å². The minimum atomic E-state index is -0.333. The van der Waals surface area contributed by atoms with Crippen LogP contribution in [0.3, 0.4) is 0 Å². The third kappa shape index (κ3) is 3.35. The molecule has 8 heteroatoms. The number of fused-ring (bicyclic) bond motifs is 1. The van der Waals surface area contributed by atoms with Crippen LogP contribution >= 0.6 is 11.3 Å². The summed E-state index contributed by atoms with van der Waals surface area (Å²) >= 11 is 1.58. The minimum Gasteiger partial charge on any atom is -0.497 e. The van der Waals surface area contributed by atoms with E-state index in [-0.39, 0.29) is 11.9 Å². The second-order valence-corrected chi connectivity index (χ2v) is 7.42. The standard InChI is InChI=1S/C20H22N4O3S/c1-4-17-22-18(15-6-8-28-19(15)23-17)21-16-5-7-24(20(16)25)12-9-13(26-2)11-14(10-12)27-3/h6,8-11,16H,4-5,7H2,1-3H3,(H,21,22,23). The Bertz CT molecular complexity index is 998. The van der Waals surface area contributed by atoms with E-state index < -0.39 is 0 Å². The topological polar surface area (TPSA) is 76.6 Å². The van der Waals surface area contributed by atoms with Crippen LogP contribution < -0.4 is 19.7 Å². The zero-order valence-electron chi connectivity index (χ0n) is 16.1. The van der Waals surface area contributed by atoms with Crippen LogP contribution in [0.5, 0.6) is 11.5 Å². The molecule has 1 aromatic carbocycles. The van der Waals surface area contributed by atoms with Crippen molar-refractivity contribution in [2.45, 2.75) is 25.8 Å². The molecule has 1 aliphatic rings. The summed E-state index contributed by atoms with van der Waals surface area (Å²) in [7, 11) is 3.20. The van der Waals surface area contributed by atoms with Gasteiger partial charge in [0.1, 0.15) is 34.0 Å². The van der Waals surface area contributed by atoms with Crippen molar-refractivity contribution < 1.29 is 14.3 Å². The highest BCUT2D eigenvalue weighted by molar-refractivity contribution is 7.16. The van der Waals surface area contributed by atoms with Crippen molar-refractivity contribution in [1.82, 2.24) is 9.97 Å². The molecule has 0 aliphatic carbocycles. The number of aromatic nitrogens is 2. The van der Waals surface area contributed by atoms with Crippen LogP contribution in [0.1, 0.15) is 19.2 Å². The Labute approximate surface area is 167 Å².